The first-order chi connectivity index (χ1) is 13.8. The summed E-state index contributed by atoms with van der Waals surface area (Å²) < 4.78 is 0. The van der Waals surface area contributed by atoms with Gasteiger partial charge in [0, 0.05) is 52.2 Å². The fraction of sp³-hybridized carbons (Fsp3) is 0.542. The van der Waals surface area contributed by atoms with Crippen LogP contribution in [0.4, 0.5) is 0 Å². The maximum Gasteiger partial charge on any atom is 0.221 e. The second-order valence-electron chi connectivity index (χ2n) is 7.91. The molecule has 3 rings (SSSR count). The van der Waals surface area contributed by atoms with E-state index in [0.717, 1.165) is 52.2 Å². The van der Waals surface area contributed by atoms with Gasteiger partial charge in [-0.1, -0.05) is 54.1 Å². The van der Waals surface area contributed by atoms with E-state index in [2.05, 4.69) is 57.6 Å². The summed E-state index contributed by atoms with van der Waals surface area (Å²) in [6.45, 7) is 6.94. The minimum atomic E-state index is 0.199. The van der Waals surface area contributed by atoms with Crippen molar-refractivity contribution < 1.29 is 4.79 Å². The molecule has 1 saturated heterocycles. The smallest absolute Gasteiger partial charge is 0.221 e. The van der Waals surface area contributed by atoms with Crippen LogP contribution in [-0.2, 0) is 4.79 Å². The molecule has 0 radical (unpaired) electrons. The Kier molecular flexibility index (Phi) is 8.79. The number of nitrogens with one attached hydrogen (secondary N) is 1. The molecule has 152 valence electrons. The molecule has 1 aliphatic heterocycles. The molecule has 0 saturated carbocycles. The lowest BCUT2D eigenvalue weighted by molar-refractivity contribution is -0.121. The number of amides is 1. The van der Waals surface area contributed by atoms with Crippen LogP contribution in [0.25, 0.3) is 6.08 Å². The third-order valence-electron chi connectivity index (χ3n) is 5.75. The van der Waals surface area contributed by atoms with Gasteiger partial charge in [-0.25, -0.2) is 0 Å². The molecule has 1 amide bonds. The summed E-state index contributed by atoms with van der Waals surface area (Å²) in [5, 5.41) is 3.10. The van der Waals surface area contributed by atoms with Crippen molar-refractivity contribution in [1.29, 1.82) is 0 Å². The lowest BCUT2D eigenvalue weighted by Crippen LogP contribution is -2.47. The monoisotopic (exact) mass is 381 g/mol. The molecular formula is C24H35N3O. The van der Waals surface area contributed by atoms with Crippen molar-refractivity contribution in [2.45, 2.75) is 38.5 Å². The van der Waals surface area contributed by atoms with Gasteiger partial charge in [-0.05, 0) is 37.7 Å². The van der Waals surface area contributed by atoms with Gasteiger partial charge in [0.1, 0.15) is 0 Å². The Morgan fingerprint density at radius 2 is 1.82 bits per heavy atom. The molecule has 1 heterocycles. The van der Waals surface area contributed by atoms with Gasteiger partial charge in [-0.15, -0.1) is 0 Å². The molecule has 1 N–H and O–H groups in total. The van der Waals surface area contributed by atoms with Crippen LogP contribution >= 0.6 is 0 Å². The molecule has 4 heteroatoms. The summed E-state index contributed by atoms with van der Waals surface area (Å²) in [6.07, 6.45) is 13.5. The molecule has 1 aromatic carbocycles. The van der Waals surface area contributed by atoms with Crippen molar-refractivity contribution in [3.63, 3.8) is 0 Å². The highest BCUT2D eigenvalue weighted by atomic mass is 16.1. The summed E-state index contributed by atoms with van der Waals surface area (Å²) in [5.41, 5.74) is 2.79. The predicted octanol–water partition coefficient (Wildman–Crippen LogP) is 3.71. The number of carbonyl (C=O) groups is 1. The zero-order valence-electron chi connectivity index (χ0n) is 17.1. The number of piperazine rings is 1. The minimum Gasteiger partial charge on any atom is -0.356 e. The van der Waals surface area contributed by atoms with Gasteiger partial charge in [-0.2, -0.15) is 0 Å². The number of benzene rings is 1. The van der Waals surface area contributed by atoms with Gasteiger partial charge in [0.05, 0.1) is 0 Å². The maximum absolute atomic E-state index is 12.1. The molecule has 1 aliphatic carbocycles. The first-order valence-electron chi connectivity index (χ1n) is 10.9. The van der Waals surface area contributed by atoms with Gasteiger partial charge >= 0.3 is 0 Å². The van der Waals surface area contributed by atoms with Crippen LogP contribution in [0.3, 0.4) is 0 Å². The van der Waals surface area contributed by atoms with Crippen LogP contribution in [0, 0.1) is 0 Å². The van der Waals surface area contributed by atoms with Crippen LogP contribution in [0.1, 0.15) is 44.1 Å². The third kappa shape index (κ3) is 7.61. The zero-order valence-corrected chi connectivity index (χ0v) is 17.1. The summed E-state index contributed by atoms with van der Waals surface area (Å²) >= 11 is 0. The molecule has 28 heavy (non-hydrogen) atoms. The molecule has 0 unspecified atom stereocenters. The number of hydrogen-bond donors (Lipinski definition) is 1. The van der Waals surface area contributed by atoms with Gasteiger partial charge in [0.2, 0.25) is 5.91 Å². The van der Waals surface area contributed by atoms with E-state index >= 15 is 0 Å². The van der Waals surface area contributed by atoms with Crippen molar-refractivity contribution in [1.82, 2.24) is 15.1 Å². The topological polar surface area (TPSA) is 35.6 Å². The second-order valence-corrected chi connectivity index (χ2v) is 7.91. The molecule has 0 spiro atoms. The Morgan fingerprint density at radius 3 is 2.57 bits per heavy atom. The first-order valence-corrected chi connectivity index (χ1v) is 10.9. The zero-order chi connectivity index (χ0) is 19.4. The van der Waals surface area contributed by atoms with Crippen LogP contribution in [0.2, 0.25) is 0 Å². The SMILES string of the molecule is O=C(CCN1CCN(C/C=C/c2ccccc2)CC1)NCCC1=CCCCC1. The number of allylic oxidation sites excluding steroid dienone is 1. The molecule has 2 aliphatic rings. The molecule has 0 bridgehead atoms. The Bertz CT molecular complexity index is 645. The Hall–Kier alpha value is -1.91. The maximum atomic E-state index is 12.1. The average Bonchev–Trinajstić information content (AvgIpc) is 2.75. The standard InChI is InChI=1S/C24H35N3O/c28-24(25-15-13-23-10-5-2-6-11-23)14-17-27-20-18-26(19-21-27)16-7-12-22-8-3-1-4-9-22/h1,3-4,7-10,12H,2,5-6,11,13-21H2,(H,25,28)/b12-7+. The molecule has 0 atom stereocenters. The largest absolute Gasteiger partial charge is 0.356 e. The fourth-order valence-corrected chi connectivity index (χ4v) is 3.94. The van der Waals surface area contributed by atoms with Crippen molar-refractivity contribution >= 4 is 12.0 Å². The van der Waals surface area contributed by atoms with Crippen molar-refractivity contribution in [3.05, 3.63) is 53.6 Å². The van der Waals surface area contributed by atoms with Gasteiger partial charge in [0.15, 0.2) is 0 Å². The summed E-state index contributed by atoms with van der Waals surface area (Å²) in [4.78, 5) is 17.0. The van der Waals surface area contributed by atoms with Crippen molar-refractivity contribution in [2.24, 2.45) is 0 Å². The highest BCUT2D eigenvalue weighted by Crippen LogP contribution is 2.19. The normalized spacial score (nSPS) is 18.9. The van der Waals surface area contributed by atoms with E-state index in [-0.39, 0.29) is 5.91 Å². The Balaban J connectivity index is 1.24. The number of rotatable bonds is 9. The minimum absolute atomic E-state index is 0.199. The third-order valence-corrected chi connectivity index (χ3v) is 5.75. The molecule has 1 aromatic rings. The highest BCUT2D eigenvalue weighted by Gasteiger charge is 2.16. The summed E-state index contributed by atoms with van der Waals surface area (Å²) in [6, 6.07) is 10.5. The Morgan fingerprint density at radius 1 is 1.04 bits per heavy atom. The van der Waals surface area contributed by atoms with E-state index in [0.29, 0.717) is 6.42 Å². The number of hydrogen-bond acceptors (Lipinski definition) is 3. The van der Waals surface area contributed by atoms with E-state index in [1.807, 2.05) is 6.07 Å². The highest BCUT2D eigenvalue weighted by molar-refractivity contribution is 5.76. The lowest BCUT2D eigenvalue weighted by atomic mass is 9.97. The molecular weight excluding hydrogens is 346 g/mol. The quantitative estimate of drug-likeness (QED) is 0.662. The van der Waals surface area contributed by atoms with Gasteiger partial charge in [-0.3, -0.25) is 9.69 Å². The van der Waals surface area contributed by atoms with Crippen LogP contribution in [0.5, 0.6) is 0 Å². The summed E-state index contributed by atoms with van der Waals surface area (Å²) in [7, 11) is 0. The predicted molar refractivity (Wildman–Crippen MR) is 117 cm³/mol. The molecule has 0 aromatic heterocycles. The lowest BCUT2D eigenvalue weighted by Gasteiger charge is -2.34. The van der Waals surface area contributed by atoms with E-state index in [1.54, 1.807) is 0 Å². The van der Waals surface area contributed by atoms with Crippen LogP contribution in [0.15, 0.2) is 48.1 Å². The Labute approximate surface area is 170 Å². The van der Waals surface area contributed by atoms with Crippen LogP contribution in [-0.4, -0.2) is 61.5 Å². The average molecular weight is 382 g/mol. The van der Waals surface area contributed by atoms with E-state index in [1.165, 1.54) is 36.8 Å². The van der Waals surface area contributed by atoms with Crippen molar-refractivity contribution in [2.75, 3.05) is 45.8 Å². The number of carbonyl (C=O) groups excluding carboxylic acids is 1. The van der Waals surface area contributed by atoms with Crippen molar-refractivity contribution in [3.8, 4) is 0 Å². The molecule has 4 nitrogen and oxygen atoms in total. The van der Waals surface area contributed by atoms with E-state index < -0.39 is 0 Å². The van der Waals surface area contributed by atoms with Gasteiger partial charge in [0.25, 0.3) is 0 Å². The van der Waals surface area contributed by atoms with Crippen LogP contribution < -0.4 is 5.32 Å². The van der Waals surface area contributed by atoms with E-state index in [4.69, 9.17) is 0 Å². The second kappa shape index (κ2) is 11.8. The van der Waals surface area contributed by atoms with E-state index in [9.17, 15) is 4.79 Å². The summed E-state index contributed by atoms with van der Waals surface area (Å²) in [5.74, 6) is 0.199. The first kappa shape index (κ1) is 20.8. The fourth-order valence-electron chi connectivity index (χ4n) is 3.94. The molecule has 1 fully saturated rings. The van der Waals surface area contributed by atoms with Gasteiger partial charge < -0.3 is 10.2 Å². The number of nitrogens with zero attached hydrogens (tertiary/aromatic N) is 2.